The van der Waals surface area contributed by atoms with Crippen LogP contribution in [0.25, 0.3) is 0 Å². The van der Waals surface area contributed by atoms with E-state index >= 15 is 0 Å². The van der Waals surface area contributed by atoms with Crippen molar-refractivity contribution < 1.29 is 4.74 Å². The highest BCUT2D eigenvalue weighted by Crippen LogP contribution is 2.12. The van der Waals surface area contributed by atoms with E-state index in [1.165, 1.54) is 5.56 Å². The van der Waals surface area contributed by atoms with Crippen molar-refractivity contribution >= 4 is 0 Å². The lowest BCUT2D eigenvalue weighted by Gasteiger charge is -2.11. The average Bonchev–Trinajstić information content (AvgIpc) is 2.09. The van der Waals surface area contributed by atoms with Crippen LogP contribution in [-0.2, 0) is 0 Å². The standard InChI is InChI=1S/C10H15NO/c1-8-3-5-10(6-4-8)12-9(2)7-11/h3-6,9H,7,11H2,1-2H3/t9-/m1/s1. The second-order valence-corrected chi connectivity index (χ2v) is 2.98. The normalized spacial score (nSPS) is 12.6. The molecule has 0 bridgehead atoms. The quantitative estimate of drug-likeness (QED) is 0.740. The maximum Gasteiger partial charge on any atom is 0.119 e. The maximum absolute atomic E-state index is 5.49. The van der Waals surface area contributed by atoms with Crippen molar-refractivity contribution in [3.63, 3.8) is 0 Å². The molecule has 2 heteroatoms. The largest absolute Gasteiger partial charge is 0.489 e. The van der Waals surface area contributed by atoms with Crippen LogP contribution in [0.3, 0.4) is 0 Å². The first-order chi connectivity index (χ1) is 5.72. The second-order valence-electron chi connectivity index (χ2n) is 2.98. The Morgan fingerprint density at radius 3 is 2.42 bits per heavy atom. The molecule has 0 aliphatic rings. The van der Waals surface area contributed by atoms with Gasteiger partial charge in [-0.1, -0.05) is 17.7 Å². The zero-order valence-corrected chi connectivity index (χ0v) is 7.58. The van der Waals surface area contributed by atoms with E-state index in [1.54, 1.807) is 0 Å². The van der Waals surface area contributed by atoms with Gasteiger partial charge in [0.15, 0.2) is 0 Å². The number of aryl methyl sites for hydroxylation is 1. The Kier molecular flexibility index (Phi) is 3.11. The second kappa shape index (κ2) is 4.12. The topological polar surface area (TPSA) is 35.2 Å². The SMILES string of the molecule is Cc1ccc(O[C@H](C)CN)cc1. The molecule has 0 aliphatic carbocycles. The van der Waals surface area contributed by atoms with E-state index in [-0.39, 0.29) is 6.10 Å². The predicted octanol–water partition coefficient (Wildman–Crippen LogP) is 1.72. The average molecular weight is 165 g/mol. The Bertz CT molecular complexity index is 230. The summed E-state index contributed by atoms with van der Waals surface area (Å²) in [5.74, 6) is 0.888. The van der Waals surface area contributed by atoms with Gasteiger partial charge in [-0.05, 0) is 26.0 Å². The predicted molar refractivity (Wildman–Crippen MR) is 50.3 cm³/mol. The van der Waals surface area contributed by atoms with Crippen LogP contribution in [0.15, 0.2) is 24.3 Å². The summed E-state index contributed by atoms with van der Waals surface area (Å²) in [7, 11) is 0. The lowest BCUT2D eigenvalue weighted by atomic mass is 10.2. The molecule has 1 aromatic carbocycles. The molecule has 2 N–H and O–H groups in total. The zero-order chi connectivity index (χ0) is 8.97. The molecule has 0 radical (unpaired) electrons. The van der Waals surface area contributed by atoms with Crippen molar-refractivity contribution in [2.75, 3.05) is 6.54 Å². The Hall–Kier alpha value is -1.02. The number of nitrogens with two attached hydrogens (primary N) is 1. The van der Waals surface area contributed by atoms with E-state index in [9.17, 15) is 0 Å². The summed E-state index contributed by atoms with van der Waals surface area (Å²) in [6, 6.07) is 7.97. The third kappa shape index (κ3) is 2.55. The molecular weight excluding hydrogens is 150 g/mol. The molecule has 0 heterocycles. The van der Waals surface area contributed by atoms with Crippen LogP contribution in [0, 0.1) is 6.92 Å². The summed E-state index contributed by atoms with van der Waals surface area (Å²) < 4.78 is 5.49. The molecule has 0 saturated heterocycles. The minimum Gasteiger partial charge on any atom is -0.489 e. The van der Waals surface area contributed by atoms with Gasteiger partial charge in [0.25, 0.3) is 0 Å². The molecule has 1 aromatic rings. The first-order valence-corrected chi connectivity index (χ1v) is 4.16. The Labute approximate surface area is 73.3 Å². The van der Waals surface area contributed by atoms with E-state index in [0.717, 1.165) is 5.75 Å². The van der Waals surface area contributed by atoms with E-state index in [1.807, 2.05) is 31.2 Å². The van der Waals surface area contributed by atoms with Crippen molar-refractivity contribution in [2.24, 2.45) is 5.73 Å². The Morgan fingerprint density at radius 2 is 1.92 bits per heavy atom. The van der Waals surface area contributed by atoms with E-state index in [0.29, 0.717) is 6.54 Å². The van der Waals surface area contributed by atoms with Gasteiger partial charge in [0, 0.05) is 6.54 Å². The molecule has 2 nitrogen and oxygen atoms in total. The molecular formula is C10H15NO. The van der Waals surface area contributed by atoms with Crippen LogP contribution < -0.4 is 10.5 Å². The van der Waals surface area contributed by atoms with Gasteiger partial charge in [0.05, 0.1) is 0 Å². The van der Waals surface area contributed by atoms with Gasteiger partial charge < -0.3 is 10.5 Å². The molecule has 1 atom stereocenters. The number of hydrogen-bond donors (Lipinski definition) is 1. The summed E-state index contributed by atoms with van der Waals surface area (Å²) in [4.78, 5) is 0. The van der Waals surface area contributed by atoms with E-state index < -0.39 is 0 Å². The summed E-state index contributed by atoms with van der Waals surface area (Å²) in [6.07, 6.45) is 0.0905. The van der Waals surface area contributed by atoms with Crippen molar-refractivity contribution in [3.8, 4) is 5.75 Å². The van der Waals surface area contributed by atoms with Crippen LogP contribution in [0.4, 0.5) is 0 Å². The molecule has 0 unspecified atom stereocenters. The molecule has 0 fully saturated rings. The minimum absolute atomic E-state index is 0.0905. The van der Waals surface area contributed by atoms with Gasteiger partial charge in [-0.15, -0.1) is 0 Å². The smallest absolute Gasteiger partial charge is 0.119 e. The van der Waals surface area contributed by atoms with Crippen molar-refractivity contribution in [3.05, 3.63) is 29.8 Å². The van der Waals surface area contributed by atoms with Gasteiger partial charge in [0.2, 0.25) is 0 Å². The van der Waals surface area contributed by atoms with E-state index in [4.69, 9.17) is 10.5 Å². The van der Waals surface area contributed by atoms with Crippen LogP contribution in [0.2, 0.25) is 0 Å². The van der Waals surface area contributed by atoms with E-state index in [2.05, 4.69) is 6.92 Å². The lowest BCUT2D eigenvalue weighted by Crippen LogP contribution is -2.22. The molecule has 0 amide bonds. The Balaban J connectivity index is 2.58. The highest BCUT2D eigenvalue weighted by molar-refractivity contribution is 5.26. The Morgan fingerprint density at radius 1 is 1.33 bits per heavy atom. The summed E-state index contributed by atoms with van der Waals surface area (Å²) in [5, 5.41) is 0. The van der Waals surface area contributed by atoms with Crippen LogP contribution in [0.1, 0.15) is 12.5 Å². The highest BCUT2D eigenvalue weighted by atomic mass is 16.5. The van der Waals surface area contributed by atoms with Gasteiger partial charge in [0.1, 0.15) is 11.9 Å². The molecule has 66 valence electrons. The third-order valence-corrected chi connectivity index (χ3v) is 1.69. The monoisotopic (exact) mass is 165 g/mol. The highest BCUT2D eigenvalue weighted by Gasteiger charge is 1.99. The van der Waals surface area contributed by atoms with Crippen LogP contribution >= 0.6 is 0 Å². The first-order valence-electron chi connectivity index (χ1n) is 4.16. The maximum atomic E-state index is 5.49. The molecule has 0 spiro atoms. The van der Waals surface area contributed by atoms with Crippen molar-refractivity contribution in [2.45, 2.75) is 20.0 Å². The molecule has 1 rings (SSSR count). The minimum atomic E-state index is 0.0905. The fourth-order valence-corrected chi connectivity index (χ4v) is 0.897. The number of ether oxygens (including phenoxy) is 1. The molecule has 12 heavy (non-hydrogen) atoms. The summed E-state index contributed by atoms with van der Waals surface area (Å²) in [5.41, 5.74) is 6.66. The molecule has 0 aromatic heterocycles. The number of rotatable bonds is 3. The third-order valence-electron chi connectivity index (χ3n) is 1.69. The van der Waals surface area contributed by atoms with Gasteiger partial charge in [-0.25, -0.2) is 0 Å². The molecule has 0 aliphatic heterocycles. The fourth-order valence-electron chi connectivity index (χ4n) is 0.897. The van der Waals surface area contributed by atoms with Crippen molar-refractivity contribution in [1.82, 2.24) is 0 Å². The van der Waals surface area contributed by atoms with Crippen LogP contribution in [-0.4, -0.2) is 12.6 Å². The summed E-state index contributed by atoms with van der Waals surface area (Å²) >= 11 is 0. The first kappa shape index (κ1) is 9.07. The van der Waals surface area contributed by atoms with Gasteiger partial charge in [-0.2, -0.15) is 0 Å². The fraction of sp³-hybridized carbons (Fsp3) is 0.400. The zero-order valence-electron chi connectivity index (χ0n) is 7.58. The molecule has 0 saturated carbocycles. The van der Waals surface area contributed by atoms with Crippen molar-refractivity contribution in [1.29, 1.82) is 0 Å². The summed E-state index contributed by atoms with van der Waals surface area (Å²) in [6.45, 7) is 4.56. The van der Waals surface area contributed by atoms with Gasteiger partial charge in [-0.3, -0.25) is 0 Å². The number of benzene rings is 1. The van der Waals surface area contributed by atoms with Crippen LogP contribution in [0.5, 0.6) is 5.75 Å². The van der Waals surface area contributed by atoms with Gasteiger partial charge >= 0.3 is 0 Å². The lowest BCUT2D eigenvalue weighted by molar-refractivity contribution is 0.230. The number of hydrogen-bond acceptors (Lipinski definition) is 2.